The number of nitrogens with zero attached hydrogens (tertiary/aromatic N) is 2. The Bertz CT molecular complexity index is 998. The number of amides is 1. The summed E-state index contributed by atoms with van der Waals surface area (Å²) in [5.41, 5.74) is 1.40. The SMILES string of the molecule is CCCCOc1cccc(C(O)=C2C(=O)C(=O)N(CCCN(CC)CC)C2c2ccccc2)c1. The van der Waals surface area contributed by atoms with Crippen LogP contribution in [0.25, 0.3) is 5.76 Å². The molecule has 1 amide bonds. The van der Waals surface area contributed by atoms with Gasteiger partial charge in [0.15, 0.2) is 0 Å². The monoisotopic (exact) mass is 464 g/mol. The zero-order valence-electron chi connectivity index (χ0n) is 20.5. The van der Waals surface area contributed by atoms with Gasteiger partial charge in [-0.05, 0) is 50.2 Å². The van der Waals surface area contributed by atoms with Gasteiger partial charge in [0.2, 0.25) is 0 Å². The highest BCUT2D eigenvalue weighted by molar-refractivity contribution is 6.46. The number of ether oxygens (including phenoxy) is 1. The van der Waals surface area contributed by atoms with Crippen molar-refractivity contribution in [1.29, 1.82) is 0 Å². The van der Waals surface area contributed by atoms with Crippen LogP contribution in [0.3, 0.4) is 0 Å². The highest BCUT2D eigenvalue weighted by Gasteiger charge is 2.45. The summed E-state index contributed by atoms with van der Waals surface area (Å²) in [4.78, 5) is 30.1. The quantitative estimate of drug-likeness (QED) is 0.207. The minimum Gasteiger partial charge on any atom is -0.507 e. The summed E-state index contributed by atoms with van der Waals surface area (Å²) in [6.07, 6.45) is 2.70. The van der Waals surface area contributed by atoms with Crippen LogP contribution in [0.2, 0.25) is 0 Å². The molecule has 34 heavy (non-hydrogen) atoms. The summed E-state index contributed by atoms with van der Waals surface area (Å²) >= 11 is 0. The molecule has 1 heterocycles. The van der Waals surface area contributed by atoms with Gasteiger partial charge < -0.3 is 19.6 Å². The summed E-state index contributed by atoms with van der Waals surface area (Å²) in [5, 5.41) is 11.3. The topological polar surface area (TPSA) is 70.1 Å². The van der Waals surface area contributed by atoms with Gasteiger partial charge in [-0.2, -0.15) is 0 Å². The Morgan fingerprint density at radius 3 is 2.41 bits per heavy atom. The Balaban J connectivity index is 1.96. The van der Waals surface area contributed by atoms with Crippen LogP contribution >= 0.6 is 0 Å². The number of benzene rings is 2. The molecular weight excluding hydrogens is 428 g/mol. The molecule has 0 saturated carbocycles. The van der Waals surface area contributed by atoms with Crippen LogP contribution in [0.4, 0.5) is 0 Å². The lowest BCUT2D eigenvalue weighted by atomic mass is 9.95. The zero-order chi connectivity index (χ0) is 24.5. The van der Waals surface area contributed by atoms with Gasteiger partial charge in [-0.3, -0.25) is 9.59 Å². The van der Waals surface area contributed by atoms with Gasteiger partial charge >= 0.3 is 0 Å². The van der Waals surface area contributed by atoms with Gasteiger partial charge in [0, 0.05) is 12.1 Å². The molecule has 1 fully saturated rings. The Labute approximate surface area is 202 Å². The summed E-state index contributed by atoms with van der Waals surface area (Å²) < 4.78 is 5.78. The van der Waals surface area contributed by atoms with Gasteiger partial charge in [0.25, 0.3) is 11.7 Å². The van der Waals surface area contributed by atoms with E-state index in [1.54, 1.807) is 23.1 Å². The normalized spacial score (nSPS) is 17.5. The smallest absolute Gasteiger partial charge is 0.295 e. The number of likely N-dealkylation sites (tertiary alicyclic amines) is 1. The largest absolute Gasteiger partial charge is 0.507 e. The van der Waals surface area contributed by atoms with E-state index in [9.17, 15) is 14.7 Å². The van der Waals surface area contributed by atoms with Gasteiger partial charge in [-0.1, -0.05) is 69.7 Å². The summed E-state index contributed by atoms with van der Waals surface area (Å²) in [5.74, 6) is -0.751. The number of rotatable bonds is 12. The molecule has 2 aromatic carbocycles. The standard InChI is InChI=1S/C28H36N2O4/c1-4-7-19-34-23-16-11-15-22(20-23)26(31)24-25(21-13-9-8-10-14-21)30(28(33)27(24)32)18-12-17-29(5-2)6-3/h8-11,13-16,20,25,31H,4-7,12,17-19H2,1-3H3. The Hall–Kier alpha value is -3.12. The van der Waals surface area contributed by atoms with E-state index in [0.717, 1.165) is 44.5 Å². The molecular formula is C28H36N2O4. The van der Waals surface area contributed by atoms with Crippen molar-refractivity contribution in [3.8, 4) is 5.75 Å². The maximum Gasteiger partial charge on any atom is 0.295 e. The average Bonchev–Trinajstić information content (AvgIpc) is 3.12. The van der Waals surface area contributed by atoms with Crippen LogP contribution in [0, 0.1) is 0 Å². The Kier molecular flexibility index (Phi) is 9.28. The Morgan fingerprint density at radius 2 is 1.74 bits per heavy atom. The highest BCUT2D eigenvalue weighted by atomic mass is 16.5. The number of Topliss-reactive ketones (excluding diaryl/α,β-unsaturated/α-hetero) is 1. The zero-order valence-corrected chi connectivity index (χ0v) is 20.5. The fraction of sp³-hybridized carbons (Fsp3) is 0.429. The summed E-state index contributed by atoms with van der Waals surface area (Å²) in [6, 6.07) is 15.9. The number of aliphatic hydroxyl groups excluding tert-OH is 1. The predicted octanol–water partition coefficient (Wildman–Crippen LogP) is 5.02. The second kappa shape index (κ2) is 12.4. The van der Waals surface area contributed by atoms with E-state index in [2.05, 4.69) is 25.7 Å². The third-order valence-electron chi connectivity index (χ3n) is 6.30. The van der Waals surface area contributed by atoms with Crippen molar-refractivity contribution >= 4 is 17.4 Å². The fourth-order valence-electron chi connectivity index (χ4n) is 4.32. The van der Waals surface area contributed by atoms with Crippen LogP contribution in [-0.2, 0) is 9.59 Å². The number of aliphatic hydroxyl groups is 1. The van der Waals surface area contributed by atoms with Crippen LogP contribution in [0.15, 0.2) is 60.2 Å². The van der Waals surface area contributed by atoms with E-state index in [1.165, 1.54) is 0 Å². The maximum atomic E-state index is 13.2. The van der Waals surface area contributed by atoms with Crippen molar-refractivity contribution in [2.75, 3.05) is 32.8 Å². The number of carbonyl (C=O) groups is 2. The maximum absolute atomic E-state index is 13.2. The molecule has 0 aliphatic carbocycles. The van der Waals surface area contributed by atoms with E-state index in [-0.39, 0.29) is 11.3 Å². The molecule has 0 aromatic heterocycles. The minimum absolute atomic E-state index is 0.129. The molecule has 0 bridgehead atoms. The first-order valence-corrected chi connectivity index (χ1v) is 12.3. The van der Waals surface area contributed by atoms with Crippen LogP contribution in [0.1, 0.15) is 57.2 Å². The average molecular weight is 465 g/mol. The summed E-state index contributed by atoms with van der Waals surface area (Å²) in [6.45, 7) is 10.1. The molecule has 1 unspecified atom stereocenters. The predicted molar refractivity (Wildman–Crippen MR) is 135 cm³/mol. The number of hydrogen-bond acceptors (Lipinski definition) is 5. The third-order valence-corrected chi connectivity index (χ3v) is 6.30. The lowest BCUT2D eigenvalue weighted by Crippen LogP contribution is -2.33. The molecule has 1 N–H and O–H groups in total. The van der Waals surface area contributed by atoms with Crippen molar-refractivity contribution in [2.45, 2.75) is 46.1 Å². The number of unbranched alkanes of at least 4 members (excludes halogenated alkanes) is 1. The van der Waals surface area contributed by atoms with E-state index >= 15 is 0 Å². The van der Waals surface area contributed by atoms with Crippen LogP contribution in [-0.4, -0.2) is 59.4 Å². The molecule has 1 aliphatic rings. The molecule has 3 rings (SSSR count). The van der Waals surface area contributed by atoms with E-state index < -0.39 is 17.7 Å². The minimum atomic E-state index is -0.647. The molecule has 0 radical (unpaired) electrons. The van der Waals surface area contributed by atoms with Crippen molar-refractivity contribution in [3.05, 3.63) is 71.3 Å². The van der Waals surface area contributed by atoms with Gasteiger partial charge in [0.05, 0.1) is 18.2 Å². The Morgan fingerprint density at radius 1 is 1.00 bits per heavy atom. The first-order valence-electron chi connectivity index (χ1n) is 12.3. The molecule has 182 valence electrons. The second-order valence-electron chi connectivity index (χ2n) is 8.51. The lowest BCUT2D eigenvalue weighted by Gasteiger charge is -2.26. The molecule has 6 heteroatoms. The molecule has 0 spiro atoms. The van der Waals surface area contributed by atoms with Crippen LogP contribution in [0.5, 0.6) is 5.75 Å². The van der Waals surface area contributed by atoms with Crippen molar-refractivity contribution < 1.29 is 19.4 Å². The fourth-order valence-corrected chi connectivity index (χ4v) is 4.32. The highest BCUT2D eigenvalue weighted by Crippen LogP contribution is 2.39. The van der Waals surface area contributed by atoms with Gasteiger partial charge in [-0.15, -0.1) is 0 Å². The summed E-state index contributed by atoms with van der Waals surface area (Å²) in [7, 11) is 0. The number of carbonyl (C=O) groups excluding carboxylic acids is 2. The van der Waals surface area contributed by atoms with Crippen molar-refractivity contribution in [3.63, 3.8) is 0 Å². The van der Waals surface area contributed by atoms with Crippen molar-refractivity contribution in [2.24, 2.45) is 0 Å². The lowest BCUT2D eigenvalue weighted by molar-refractivity contribution is -0.140. The first-order chi connectivity index (χ1) is 16.5. The molecule has 1 aliphatic heterocycles. The van der Waals surface area contributed by atoms with Crippen LogP contribution < -0.4 is 4.74 Å². The first kappa shape index (κ1) is 25.5. The van der Waals surface area contributed by atoms with Gasteiger partial charge in [0.1, 0.15) is 11.5 Å². The van der Waals surface area contributed by atoms with E-state index in [4.69, 9.17) is 4.74 Å². The number of hydrogen-bond donors (Lipinski definition) is 1. The molecule has 2 aromatic rings. The third kappa shape index (κ3) is 5.86. The van der Waals surface area contributed by atoms with E-state index in [0.29, 0.717) is 24.5 Å². The molecule has 1 atom stereocenters. The molecule has 1 saturated heterocycles. The molecule has 6 nitrogen and oxygen atoms in total. The van der Waals surface area contributed by atoms with Crippen molar-refractivity contribution in [1.82, 2.24) is 9.80 Å². The number of ketones is 1. The second-order valence-corrected chi connectivity index (χ2v) is 8.51. The van der Waals surface area contributed by atoms with Gasteiger partial charge in [-0.25, -0.2) is 0 Å². The van der Waals surface area contributed by atoms with E-state index in [1.807, 2.05) is 36.4 Å².